The molecule has 0 bridgehead atoms. The van der Waals surface area contributed by atoms with E-state index in [-0.39, 0.29) is 5.75 Å². The van der Waals surface area contributed by atoms with Crippen LogP contribution in [0.15, 0.2) is 36.4 Å². The van der Waals surface area contributed by atoms with Gasteiger partial charge < -0.3 is 9.84 Å². The first-order valence-electron chi connectivity index (χ1n) is 5.04. The first kappa shape index (κ1) is 13.3. The van der Waals surface area contributed by atoms with Crippen LogP contribution in [0.1, 0.15) is 16.5 Å². The first-order chi connectivity index (χ1) is 8.56. The minimum absolute atomic E-state index is 0.0178. The molecule has 0 amide bonds. The summed E-state index contributed by atoms with van der Waals surface area (Å²) in [5, 5.41) is 10.1. The lowest BCUT2D eigenvalue weighted by Gasteiger charge is -2.11. The van der Waals surface area contributed by atoms with Crippen molar-refractivity contribution in [1.82, 2.24) is 0 Å². The average Bonchev–Trinajstić information content (AvgIpc) is 2.74. The minimum Gasteiger partial charge on any atom is -0.435 e. The lowest BCUT2D eigenvalue weighted by atomic mass is 10.1. The summed E-state index contributed by atoms with van der Waals surface area (Å²) in [5.74, 6) is 0.0178. The van der Waals surface area contributed by atoms with Gasteiger partial charge in [0.2, 0.25) is 0 Å². The molecule has 2 aromatic rings. The molecule has 6 heteroatoms. The topological polar surface area (TPSA) is 29.5 Å². The number of aliphatic hydroxyl groups is 1. The SMILES string of the molecule is OC(c1cccc(OC(F)F)c1)c1ccc(Cl)s1. The van der Waals surface area contributed by atoms with Crippen molar-refractivity contribution < 1.29 is 18.6 Å². The van der Waals surface area contributed by atoms with Crippen LogP contribution in [-0.2, 0) is 0 Å². The highest BCUT2D eigenvalue weighted by molar-refractivity contribution is 7.16. The molecule has 1 unspecified atom stereocenters. The summed E-state index contributed by atoms with van der Waals surface area (Å²) in [6, 6.07) is 9.33. The summed E-state index contributed by atoms with van der Waals surface area (Å²) < 4.78 is 29.0. The van der Waals surface area contributed by atoms with Crippen molar-refractivity contribution in [2.45, 2.75) is 12.7 Å². The molecule has 1 N–H and O–H groups in total. The van der Waals surface area contributed by atoms with Crippen molar-refractivity contribution in [2.24, 2.45) is 0 Å². The number of ether oxygens (including phenoxy) is 1. The number of aliphatic hydroxyl groups excluding tert-OH is 1. The van der Waals surface area contributed by atoms with Crippen molar-refractivity contribution in [3.8, 4) is 5.75 Å². The molecule has 0 aliphatic heterocycles. The van der Waals surface area contributed by atoms with Crippen LogP contribution < -0.4 is 4.74 Å². The molecule has 1 aromatic heterocycles. The second-order valence-electron chi connectivity index (χ2n) is 3.50. The van der Waals surface area contributed by atoms with E-state index in [9.17, 15) is 13.9 Å². The summed E-state index contributed by atoms with van der Waals surface area (Å²) in [6.07, 6.45) is -0.899. The molecule has 0 fully saturated rings. The molecule has 1 aromatic carbocycles. The Balaban J connectivity index is 2.22. The number of benzene rings is 1. The highest BCUT2D eigenvalue weighted by Crippen LogP contribution is 2.32. The van der Waals surface area contributed by atoms with Crippen LogP contribution in [0.2, 0.25) is 4.34 Å². The Kier molecular flexibility index (Phi) is 4.16. The molecule has 0 saturated carbocycles. The summed E-state index contributed by atoms with van der Waals surface area (Å²) in [7, 11) is 0. The predicted molar refractivity (Wildman–Crippen MR) is 66.5 cm³/mol. The molecular weight excluding hydrogens is 282 g/mol. The molecule has 0 aliphatic rings. The quantitative estimate of drug-likeness (QED) is 0.919. The van der Waals surface area contributed by atoms with Gasteiger partial charge in [0, 0.05) is 4.88 Å². The zero-order chi connectivity index (χ0) is 13.1. The third kappa shape index (κ3) is 3.19. The summed E-state index contributed by atoms with van der Waals surface area (Å²) in [5.41, 5.74) is 0.478. The van der Waals surface area contributed by atoms with Gasteiger partial charge in [-0.3, -0.25) is 0 Å². The average molecular weight is 291 g/mol. The predicted octanol–water partition coefficient (Wildman–Crippen LogP) is 4.08. The molecular formula is C12H9ClF2O2S. The second-order valence-corrected chi connectivity index (χ2v) is 5.24. The van der Waals surface area contributed by atoms with Gasteiger partial charge in [-0.1, -0.05) is 23.7 Å². The number of alkyl halides is 2. The van der Waals surface area contributed by atoms with Gasteiger partial charge in [0.1, 0.15) is 11.9 Å². The fourth-order valence-electron chi connectivity index (χ4n) is 1.50. The Hall–Kier alpha value is -1.17. The maximum Gasteiger partial charge on any atom is 0.387 e. The summed E-state index contributed by atoms with van der Waals surface area (Å²) in [4.78, 5) is 0.647. The number of thiophene rings is 1. The van der Waals surface area contributed by atoms with E-state index in [1.54, 1.807) is 24.3 Å². The minimum atomic E-state index is -2.88. The van der Waals surface area contributed by atoms with Crippen LogP contribution in [0.3, 0.4) is 0 Å². The smallest absolute Gasteiger partial charge is 0.387 e. The number of halogens is 3. The Labute approximate surface area is 111 Å². The maximum atomic E-state index is 12.1. The van der Waals surface area contributed by atoms with Crippen molar-refractivity contribution >= 4 is 22.9 Å². The van der Waals surface area contributed by atoms with Crippen molar-refractivity contribution in [2.75, 3.05) is 0 Å². The highest BCUT2D eigenvalue weighted by atomic mass is 35.5. The molecule has 0 spiro atoms. The molecule has 0 saturated heterocycles. The molecule has 0 aliphatic carbocycles. The van der Waals surface area contributed by atoms with E-state index in [2.05, 4.69) is 4.74 Å². The van der Waals surface area contributed by atoms with Crippen LogP contribution in [0, 0.1) is 0 Å². The zero-order valence-corrected chi connectivity index (χ0v) is 10.6. The molecule has 96 valence electrons. The Morgan fingerprint density at radius 2 is 2.00 bits per heavy atom. The maximum absolute atomic E-state index is 12.1. The van der Waals surface area contributed by atoms with E-state index in [0.29, 0.717) is 14.8 Å². The highest BCUT2D eigenvalue weighted by Gasteiger charge is 2.14. The zero-order valence-electron chi connectivity index (χ0n) is 9.02. The lowest BCUT2D eigenvalue weighted by molar-refractivity contribution is -0.0499. The normalized spacial score (nSPS) is 12.7. The third-order valence-electron chi connectivity index (χ3n) is 2.26. The van der Waals surface area contributed by atoms with Crippen LogP contribution >= 0.6 is 22.9 Å². The second kappa shape index (κ2) is 5.65. The van der Waals surface area contributed by atoms with Gasteiger partial charge in [-0.2, -0.15) is 8.78 Å². The Morgan fingerprint density at radius 3 is 2.61 bits per heavy atom. The number of hydrogen-bond acceptors (Lipinski definition) is 3. The van der Waals surface area contributed by atoms with E-state index >= 15 is 0 Å². The Bertz CT molecular complexity index is 530. The standard InChI is InChI=1S/C12H9ClF2O2S/c13-10-5-4-9(18-10)11(16)7-2-1-3-8(6-7)17-12(14)15/h1-6,11-12,16H. The third-order valence-corrected chi connectivity index (χ3v) is 3.55. The van der Waals surface area contributed by atoms with Crippen LogP contribution in [0.5, 0.6) is 5.75 Å². The van der Waals surface area contributed by atoms with Gasteiger partial charge in [0.25, 0.3) is 0 Å². The summed E-state index contributed by atoms with van der Waals surface area (Å²) in [6.45, 7) is -2.88. The molecule has 18 heavy (non-hydrogen) atoms. The van der Waals surface area contributed by atoms with Crippen molar-refractivity contribution in [3.05, 3.63) is 51.2 Å². The van der Waals surface area contributed by atoms with E-state index in [4.69, 9.17) is 11.6 Å². The summed E-state index contributed by atoms with van der Waals surface area (Å²) >= 11 is 7.01. The van der Waals surface area contributed by atoms with Gasteiger partial charge in [-0.25, -0.2) is 0 Å². The van der Waals surface area contributed by atoms with Gasteiger partial charge >= 0.3 is 6.61 Å². The van der Waals surface area contributed by atoms with E-state index in [1.807, 2.05) is 0 Å². The van der Waals surface area contributed by atoms with Crippen LogP contribution in [-0.4, -0.2) is 11.7 Å². The molecule has 2 nitrogen and oxygen atoms in total. The van der Waals surface area contributed by atoms with Gasteiger partial charge in [0.05, 0.1) is 4.34 Å². The fourth-order valence-corrected chi connectivity index (χ4v) is 2.58. The van der Waals surface area contributed by atoms with E-state index in [1.165, 1.54) is 23.5 Å². The monoisotopic (exact) mass is 290 g/mol. The van der Waals surface area contributed by atoms with Gasteiger partial charge in [0.15, 0.2) is 0 Å². The number of hydrogen-bond donors (Lipinski definition) is 1. The molecule has 0 radical (unpaired) electrons. The number of rotatable bonds is 4. The fraction of sp³-hybridized carbons (Fsp3) is 0.167. The van der Waals surface area contributed by atoms with Crippen molar-refractivity contribution in [3.63, 3.8) is 0 Å². The van der Waals surface area contributed by atoms with Crippen LogP contribution in [0.4, 0.5) is 8.78 Å². The van der Waals surface area contributed by atoms with Gasteiger partial charge in [-0.15, -0.1) is 11.3 Å². The Morgan fingerprint density at radius 1 is 1.22 bits per heavy atom. The van der Waals surface area contributed by atoms with E-state index in [0.717, 1.165) is 0 Å². The van der Waals surface area contributed by atoms with Crippen molar-refractivity contribution in [1.29, 1.82) is 0 Å². The lowest BCUT2D eigenvalue weighted by Crippen LogP contribution is -2.03. The largest absolute Gasteiger partial charge is 0.435 e. The van der Waals surface area contributed by atoms with Crippen LogP contribution in [0.25, 0.3) is 0 Å². The van der Waals surface area contributed by atoms with E-state index < -0.39 is 12.7 Å². The van der Waals surface area contributed by atoms with Gasteiger partial charge in [-0.05, 0) is 29.8 Å². The molecule has 1 atom stereocenters. The first-order valence-corrected chi connectivity index (χ1v) is 6.24. The molecule has 1 heterocycles. The molecule has 2 rings (SSSR count).